The van der Waals surface area contributed by atoms with Gasteiger partial charge in [0.05, 0.1) is 16.1 Å². The molecule has 0 aliphatic heterocycles. The van der Waals surface area contributed by atoms with E-state index in [4.69, 9.17) is 4.74 Å². The number of hydrogen-bond acceptors (Lipinski definition) is 2. The number of aromatic nitrogens is 1. The number of carbonyl (C=O) groups is 1. The first-order valence-corrected chi connectivity index (χ1v) is 14.2. The lowest BCUT2D eigenvalue weighted by Crippen LogP contribution is -2.54. The summed E-state index contributed by atoms with van der Waals surface area (Å²) in [5, 5.41) is 2.78. The van der Waals surface area contributed by atoms with E-state index in [1.54, 1.807) is 4.57 Å². The van der Waals surface area contributed by atoms with Gasteiger partial charge in [0.25, 0.3) is 0 Å². The molecule has 0 saturated heterocycles. The highest BCUT2D eigenvalue weighted by atomic mass is 28.3. The molecule has 0 amide bonds. The predicted molar refractivity (Wildman–Crippen MR) is 92.0 cm³/mol. The number of ether oxygens (including phenoxy) is 1. The van der Waals surface area contributed by atoms with Crippen molar-refractivity contribution in [3.63, 3.8) is 0 Å². The van der Waals surface area contributed by atoms with E-state index in [0.29, 0.717) is 0 Å². The molecule has 1 aromatic rings. The fraction of sp³-hybridized carbons (Fsp3) is 0.667. The summed E-state index contributed by atoms with van der Waals surface area (Å²) < 4.78 is 7.12. The standard InChI is InChI=1S/C15H29NO2Si2/c1-15(2,3)18-14(17)16-10-12(19(4,5)6)13(11-16)20(7,8)9/h10-11H,1-9H3. The molecular formula is C15H29NO2Si2. The van der Waals surface area contributed by atoms with E-state index in [0.717, 1.165) is 0 Å². The van der Waals surface area contributed by atoms with Gasteiger partial charge in [-0.2, -0.15) is 0 Å². The Morgan fingerprint density at radius 1 is 0.950 bits per heavy atom. The van der Waals surface area contributed by atoms with Crippen molar-refractivity contribution in [3.8, 4) is 0 Å². The van der Waals surface area contributed by atoms with E-state index in [1.807, 2.05) is 33.2 Å². The Morgan fingerprint density at radius 2 is 1.30 bits per heavy atom. The summed E-state index contributed by atoms with van der Waals surface area (Å²) in [6, 6.07) is 0. The average molecular weight is 312 g/mol. The molecule has 1 rings (SSSR count). The first-order chi connectivity index (χ1) is 8.72. The van der Waals surface area contributed by atoms with Crippen LogP contribution in [0.2, 0.25) is 39.3 Å². The van der Waals surface area contributed by atoms with E-state index in [2.05, 4.69) is 39.3 Å². The summed E-state index contributed by atoms with van der Waals surface area (Å²) in [6.07, 6.45) is 3.74. The SMILES string of the molecule is CC(C)(C)OC(=O)n1cc([Si](C)(C)C)c([Si](C)(C)C)c1. The zero-order valence-corrected chi connectivity index (χ0v) is 16.4. The fourth-order valence-electron chi connectivity index (χ4n) is 2.07. The first kappa shape index (κ1) is 17.2. The van der Waals surface area contributed by atoms with Gasteiger partial charge >= 0.3 is 6.09 Å². The van der Waals surface area contributed by atoms with Crippen LogP contribution >= 0.6 is 0 Å². The highest BCUT2D eigenvalue weighted by Gasteiger charge is 2.31. The minimum Gasteiger partial charge on any atom is -0.443 e. The molecule has 0 atom stereocenters. The second-order valence-electron chi connectivity index (χ2n) is 8.47. The van der Waals surface area contributed by atoms with Crippen molar-refractivity contribution in [2.45, 2.75) is 65.7 Å². The molecule has 0 unspecified atom stereocenters. The summed E-state index contributed by atoms with van der Waals surface area (Å²) in [6.45, 7) is 19.6. The van der Waals surface area contributed by atoms with Gasteiger partial charge in [-0.3, -0.25) is 4.57 Å². The number of nitrogens with zero attached hydrogens (tertiary/aromatic N) is 1. The average Bonchev–Trinajstić information content (AvgIpc) is 2.56. The summed E-state index contributed by atoms with van der Waals surface area (Å²) in [5.41, 5.74) is -0.458. The Bertz CT molecular complexity index is 468. The van der Waals surface area contributed by atoms with E-state index in [-0.39, 0.29) is 6.09 Å². The van der Waals surface area contributed by atoms with E-state index < -0.39 is 21.7 Å². The van der Waals surface area contributed by atoms with Crippen LogP contribution in [0.4, 0.5) is 4.79 Å². The van der Waals surface area contributed by atoms with E-state index in [1.165, 1.54) is 10.4 Å². The molecule has 3 nitrogen and oxygen atoms in total. The van der Waals surface area contributed by atoms with Crippen LogP contribution in [-0.4, -0.2) is 32.4 Å². The number of hydrogen-bond donors (Lipinski definition) is 0. The molecule has 0 aliphatic carbocycles. The Labute approximate surface area is 125 Å². The Morgan fingerprint density at radius 3 is 1.55 bits per heavy atom. The maximum absolute atomic E-state index is 12.3. The Kier molecular flexibility index (Phi) is 4.47. The molecule has 0 radical (unpaired) electrons. The molecule has 0 saturated carbocycles. The molecule has 0 spiro atoms. The molecule has 0 N–H and O–H groups in total. The molecule has 0 fully saturated rings. The molecule has 0 bridgehead atoms. The van der Waals surface area contributed by atoms with Crippen LogP contribution in [0.15, 0.2) is 12.4 Å². The smallest absolute Gasteiger partial charge is 0.418 e. The monoisotopic (exact) mass is 311 g/mol. The van der Waals surface area contributed by atoms with E-state index in [9.17, 15) is 4.79 Å². The highest BCUT2D eigenvalue weighted by molar-refractivity contribution is 6.98. The number of rotatable bonds is 2. The molecular weight excluding hydrogens is 282 g/mol. The fourth-order valence-corrected chi connectivity index (χ4v) is 7.12. The second-order valence-corrected chi connectivity index (χ2v) is 18.6. The van der Waals surface area contributed by atoms with Crippen molar-refractivity contribution in [1.29, 1.82) is 0 Å². The normalized spacial score (nSPS) is 13.4. The van der Waals surface area contributed by atoms with Gasteiger partial charge in [0.1, 0.15) is 5.60 Å². The third-order valence-electron chi connectivity index (χ3n) is 3.05. The van der Waals surface area contributed by atoms with E-state index >= 15 is 0 Å². The van der Waals surface area contributed by atoms with Crippen LogP contribution in [0.25, 0.3) is 0 Å². The maximum atomic E-state index is 12.3. The quantitative estimate of drug-likeness (QED) is 0.784. The summed E-state index contributed by atoms with van der Waals surface area (Å²) >= 11 is 0. The maximum Gasteiger partial charge on any atom is 0.418 e. The minimum atomic E-state index is -1.47. The van der Waals surface area contributed by atoms with Gasteiger partial charge in [0, 0.05) is 12.4 Å². The molecule has 0 aliphatic rings. The first-order valence-electron chi connectivity index (χ1n) is 7.18. The van der Waals surface area contributed by atoms with Gasteiger partial charge in [-0.15, -0.1) is 0 Å². The largest absolute Gasteiger partial charge is 0.443 e. The summed E-state index contributed by atoms with van der Waals surface area (Å²) in [5.74, 6) is 0. The van der Waals surface area contributed by atoms with Gasteiger partial charge in [-0.25, -0.2) is 4.79 Å². The second kappa shape index (κ2) is 5.18. The van der Waals surface area contributed by atoms with Crippen molar-refractivity contribution in [2.24, 2.45) is 0 Å². The van der Waals surface area contributed by atoms with Gasteiger partial charge in [0.15, 0.2) is 0 Å². The lowest BCUT2D eigenvalue weighted by molar-refractivity contribution is 0.0537. The molecule has 5 heteroatoms. The van der Waals surface area contributed by atoms with Gasteiger partial charge in [-0.05, 0) is 31.1 Å². The van der Waals surface area contributed by atoms with Crippen LogP contribution < -0.4 is 10.4 Å². The molecule has 114 valence electrons. The summed E-state index contributed by atoms with van der Waals surface area (Å²) in [7, 11) is -2.93. The predicted octanol–water partition coefficient (Wildman–Crippen LogP) is 3.36. The third-order valence-corrected chi connectivity index (χ3v) is 7.33. The van der Waals surface area contributed by atoms with Crippen LogP contribution in [0.5, 0.6) is 0 Å². The van der Waals surface area contributed by atoms with Crippen LogP contribution in [0, 0.1) is 0 Å². The van der Waals surface area contributed by atoms with Crippen molar-refractivity contribution in [3.05, 3.63) is 12.4 Å². The molecule has 0 aromatic carbocycles. The van der Waals surface area contributed by atoms with Crippen LogP contribution in [0.3, 0.4) is 0 Å². The lowest BCUT2D eigenvalue weighted by Gasteiger charge is -2.23. The lowest BCUT2D eigenvalue weighted by atomic mass is 10.2. The van der Waals surface area contributed by atoms with Crippen molar-refractivity contribution < 1.29 is 9.53 Å². The number of carbonyl (C=O) groups excluding carboxylic acids is 1. The Hall–Kier alpha value is -0.816. The minimum absolute atomic E-state index is 0.276. The zero-order chi connectivity index (χ0) is 15.9. The zero-order valence-electron chi connectivity index (χ0n) is 14.4. The topological polar surface area (TPSA) is 31.2 Å². The van der Waals surface area contributed by atoms with Crippen LogP contribution in [0.1, 0.15) is 20.8 Å². The molecule has 1 aromatic heterocycles. The van der Waals surface area contributed by atoms with Crippen molar-refractivity contribution >= 4 is 32.6 Å². The Balaban J connectivity index is 3.26. The van der Waals surface area contributed by atoms with Crippen molar-refractivity contribution in [2.75, 3.05) is 0 Å². The third kappa shape index (κ3) is 4.35. The van der Waals surface area contributed by atoms with Gasteiger partial charge in [0.2, 0.25) is 0 Å². The molecule has 20 heavy (non-hydrogen) atoms. The highest BCUT2D eigenvalue weighted by Crippen LogP contribution is 2.11. The van der Waals surface area contributed by atoms with Gasteiger partial charge in [-0.1, -0.05) is 39.3 Å². The summed E-state index contributed by atoms with van der Waals surface area (Å²) in [4.78, 5) is 12.3. The van der Waals surface area contributed by atoms with Crippen LogP contribution in [-0.2, 0) is 4.74 Å². The molecule has 1 heterocycles. The van der Waals surface area contributed by atoms with Crippen molar-refractivity contribution in [1.82, 2.24) is 4.57 Å². The van der Waals surface area contributed by atoms with Gasteiger partial charge < -0.3 is 4.74 Å².